The average molecular weight is 293 g/mol. The molecule has 118 valence electrons. The quantitative estimate of drug-likeness (QED) is 0.819. The lowest BCUT2D eigenvalue weighted by Gasteiger charge is -2.56. The van der Waals surface area contributed by atoms with Crippen molar-refractivity contribution in [1.29, 1.82) is 0 Å². The van der Waals surface area contributed by atoms with Gasteiger partial charge in [0.25, 0.3) is 0 Å². The number of hydrogen-bond donors (Lipinski definition) is 2. The van der Waals surface area contributed by atoms with E-state index in [1.54, 1.807) is 0 Å². The second-order valence-corrected chi connectivity index (χ2v) is 8.12. The highest BCUT2D eigenvalue weighted by atomic mass is 16.4. The maximum absolute atomic E-state index is 12.9. The summed E-state index contributed by atoms with van der Waals surface area (Å²) in [6, 6.07) is -0.247. The van der Waals surface area contributed by atoms with Gasteiger partial charge in [0.2, 0.25) is 5.91 Å². The summed E-state index contributed by atoms with van der Waals surface area (Å²) in [7, 11) is 0. The van der Waals surface area contributed by atoms with Gasteiger partial charge in [0.15, 0.2) is 0 Å². The number of amides is 1. The SMILES string of the molecule is CC(C)C(CC(=O)O)NC(=O)C12CC3CC(CC(C3)C1)C2. The van der Waals surface area contributed by atoms with Gasteiger partial charge in [-0.2, -0.15) is 0 Å². The molecule has 4 fully saturated rings. The average Bonchev–Trinajstić information content (AvgIpc) is 2.35. The molecule has 4 saturated carbocycles. The third kappa shape index (κ3) is 2.82. The molecule has 4 rings (SSSR count). The van der Waals surface area contributed by atoms with Crippen LogP contribution in [0.2, 0.25) is 0 Å². The van der Waals surface area contributed by atoms with E-state index in [0.29, 0.717) is 0 Å². The number of hydrogen-bond acceptors (Lipinski definition) is 2. The van der Waals surface area contributed by atoms with Crippen LogP contribution in [0.15, 0.2) is 0 Å². The molecule has 4 nitrogen and oxygen atoms in total. The molecule has 0 saturated heterocycles. The Morgan fingerprint density at radius 1 is 1.10 bits per heavy atom. The maximum Gasteiger partial charge on any atom is 0.305 e. The summed E-state index contributed by atoms with van der Waals surface area (Å²) in [5.74, 6) is 1.66. The predicted octanol–water partition coefficient (Wildman–Crippen LogP) is 2.82. The van der Waals surface area contributed by atoms with Crippen LogP contribution in [-0.4, -0.2) is 23.0 Å². The number of carbonyl (C=O) groups is 2. The second-order valence-electron chi connectivity index (χ2n) is 8.12. The molecule has 4 bridgehead atoms. The van der Waals surface area contributed by atoms with Crippen molar-refractivity contribution in [3.8, 4) is 0 Å². The second kappa shape index (κ2) is 5.29. The van der Waals surface area contributed by atoms with Gasteiger partial charge >= 0.3 is 5.97 Å². The van der Waals surface area contributed by atoms with Crippen LogP contribution >= 0.6 is 0 Å². The van der Waals surface area contributed by atoms with Crippen LogP contribution < -0.4 is 5.32 Å². The molecule has 1 unspecified atom stereocenters. The zero-order chi connectivity index (χ0) is 15.2. The molecule has 0 radical (unpaired) electrons. The summed E-state index contributed by atoms with van der Waals surface area (Å²) in [6.07, 6.45) is 7.06. The smallest absolute Gasteiger partial charge is 0.305 e. The number of carboxylic acid groups (broad SMARTS) is 1. The van der Waals surface area contributed by atoms with Crippen molar-refractivity contribution in [2.75, 3.05) is 0 Å². The predicted molar refractivity (Wildman–Crippen MR) is 79.6 cm³/mol. The van der Waals surface area contributed by atoms with E-state index < -0.39 is 5.97 Å². The molecule has 4 aliphatic carbocycles. The number of rotatable bonds is 5. The molecule has 1 atom stereocenters. The Labute approximate surface area is 126 Å². The van der Waals surface area contributed by atoms with E-state index in [0.717, 1.165) is 37.0 Å². The fourth-order valence-corrected chi connectivity index (χ4v) is 5.35. The summed E-state index contributed by atoms with van der Waals surface area (Å²) in [4.78, 5) is 23.9. The molecule has 2 N–H and O–H groups in total. The first kappa shape index (κ1) is 14.9. The van der Waals surface area contributed by atoms with Crippen molar-refractivity contribution < 1.29 is 14.7 Å². The molecule has 21 heavy (non-hydrogen) atoms. The van der Waals surface area contributed by atoms with Crippen LogP contribution in [0.3, 0.4) is 0 Å². The van der Waals surface area contributed by atoms with Gasteiger partial charge in [0, 0.05) is 11.5 Å². The largest absolute Gasteiger partial charge is 0.481 e. The fraction of sp³-hybridized carbons (Fsp3) is 0.882. The van der Waals surface area contributed by atoms with Gasteiger partial charge in [-0.25, -0.2) is 0 Å². The summed E-state index contributed by atoms with van der Waals surface area (Å²) in [5.41, 5.74) is -0.180. The highest BCUT2D eigenvalue weighted by Gasteiger charge is 2.54. The molecule has 4 heteroatoms. The highest BCUT2D eigenvalue weighted by molar-refractivity contribution is 5.84. The monoisotopic (exact) mass is 293 g/mol. The molecule has 0 heterocycles. The van der Waals surface area contributed by atoms with Crippen LogP contribution in [-0.2, 0) is 9.59 Å². The van der Waals surface area contributed by atoms with Crippen LogP contribution in [0.4, 0.5) is 0 Å². The molecule has 0 aromatic carbocycles. The molecule has 1 amide bonds. The van der Waals surface area contributed by atoms with E-state index >= 15 is 0 Å². The first-order valence-corrected chi connectivity index (χ1v) is 8.41. The van der Waals surface area contributed by atoms with Gasteiger partial charge in [0.1, 0.15) is 0 Å². The first-order chi connectivity index (χ1) is 9.88. The Morgan fingerprint density at radius 3 is 1.95 bits per heavy atom. The Morgan fingerprint density at radius 2 is 1.57 bits per heavy atom. The minimum absolute atomic E-state index is 0.0236. The lowest BCUT2D eigenvalue weighted by atomic mass is 9.49. The molecular weight excluding hydrogens is 266 g/mol. The standard InChI is InChI=1S/C17H27NO3/c1-10(2)14(6-15(19)20)18-16(21)17-7-11-3-12(8-17)5-13(4-11)9-17/h10-14H,3-9H2,1-2H3,(H,18,21)(H,19,20). The van der Waals surface area contributed by atoms with Crippen molar-refractivity contribution in [2.45, 2.75) is 64.8 Å². The van der Waals surface area contributed by atoms with Crippen molar-refractivity contribution in [2.24, 2.45) is 29.1 Å². The van der Waals surface area contributed by atoms with Gasteiger partial charge in [0.05, 0.1) is 6.42 Å². The summed E-state index contributed by atoms with van der Waals surface area (Å²) in [5, 5.41) is 12.1. The first-order valence-electron chi connectivity index (χ1n) is 8.41. The van der Waals surface area contributed by atoms with E-state index in [4.69, 9.17) is 5.11 Å². The third-order valence-corrected chi connectivity index (χ3v) is 6.04. The summed E-state index contributed by atoms with van der Waals surface area (Å²) < 4.78 is 0. The highest BCUT2D eigenvalue weighted by Crippen LogP contribution is 2.60. The lowest BCUT2D eigenvalue weighted by molar-refractivity contribution is -0.148. The topological polar surface area (TPSA) is 66.4 Å². The van der Waals surface area contributed by atoms with Crippen LogP contribution in [0.1, 0.15) is 58.8 Å². The minimum atomic E-state index is -0.834. The summed E-state index contributed by atoms with van der Waals surface area (Å²) in [6.45, 7) is 3.96. The Kier molecular flexibility index (Phi) is 3.74. The van der Waals surface area contributed by atoms with E-state index in [9.17, 15) is 9.59 Å². The summed E-state index contributed by atoms with van der Waals surface area (Å²) >= 11 is 0. The van der Waals surface area contributed by atoms with Crippen molar-refractivity contribution in [3.63, 3.8) is 0 Å². The molecule has 0 aliphatic heterocycles. The normalized spacial score (nSPS) is 38.5. The van der Waals surface area contributed by atoms with Gasteiger partial charge in [-0.15, -0.1) is 0 Å². The van der Waals surface area contributed by atoms with E-state index in [-0.39, 0.29) is 29.7 Å². The van der Waals surface area contributed by atoms with Crippen LogP contribution in [0.25, 0.3) is 0 Å². The fourth-order valence-electron chi connectivity index (χ4n) is 5.35. The Hall–Kier alpha value is -1.06. The molecule has 0 aromatic rings. The minimum Gasteiger partial charge on any atom is -0.481 e. The number of nitrogens with one attached hydrogen (secondary N) is 1. The molecular formula is C17H27NO3. The number of aliphatic carboxylic acids is 1. The van der Waals surface area contributed by atoms with Crippen LogP contribution in [0, 0.1) is 29.1 Å². The molecule has 4 aliphatic rings. The van der Waals surface area contributed by atoms with Gasteiger partial charge in [-0.1, -0.05) is 13.8 Å². The van der Waals surface area contributed by atoms with Gasteiger partial charge in [-0.05, 0) is 62.2 Å². The van der Waals surface area contributed by atoms with Crippen molar-refractivity contribution in [1.82, 2.24) is 5.32 Å². The zero-order valence-electron chi connectivity index (χ0n) is 13.1. The molecule has 0 aromatic heterocycles. The van der Waals surface area contributed by atoms with Gasteiger partial charge < -0.3 is 10.4 Å². The third-order valence-electron chi connectivity index (χ3n) is 6.04. The maximum atomic E-state index is 12.9. The van der Waals surface area contributed by atoms with E-state index in [1.165, 1.54) is 19.3 Å². The number of carbonyl (C=O) groups excluding carboxylic acids is 1. The zero-order valence-corrected chi connectivity index (χ0v) is 13.1. The van der Waals surface area contributed by atoms with Crippen molar-refractivity contribution >= 4 is 11.9 Å². The van der Waals surface area contributed by atoms with Crippen molar-refractivity contribution in [3.05, 3.63) is 0 Å². The lowest BCUT2D eigenvalue weighted by Crippen LogP contribution is -2.56. The van der Waals surface area contributed by atoms with E-state index in [1.807, 2.05) is 13.8 Å². The Bertz CT molecular complexity index is 408. The van der Waals surface area contributed by atoms with E-state index in [2.05, 4.69) is 5.32 Å². The van der Waals surface area contributed by atoms with Gasteiger partial charge in [-0.3, -0.25) is 9.59 Å². The Balaban J connectivity index is 1.71. The van der Waals surface area contributed by atoms with Crippen LogP contribution in [0.5, 0.6) is 0 Å². The number of carboxylic acids is 1. The molecule has 0 spiro atoms.